The van der Waals surface area contributed by atoms with Crippen molar-refractivity contribution >= 4 is 5.91 Å². The van der Waals surface area contributed by atoms with Crippen molar-refractivity contribution in [3.63, 3.8) is 0 Å². The Morgan fingerprint density at radius 3 is 2.74 bits per heavy atom. The van der Waals surface area contributed by atoms with Crippen molar-refractivity contribution in [1.29, 1.82) is 0 Å². The first-order valence-corrected chi connectivity index (χ1v) is 9.82. The Morgan fingerprint density at radius 1 is 1.16 bits per heavy atom. The van der Waals surface area contributed by atoms with Gasteiger partial charge in [0.05, 0.1) is 37.6 Å². The summed E-state index contributed by atoms with van der Waals surface area (Å²) in [5.74, 6) is 0.795. The second kappa shape index (κ2) is 7.98. The van der Waals surface area contributed by atoms with E-state index in [-0.39, 0.29) is 23.7 Å². The highest BCUT2D eigenvalue weighted by Gasteiger charge is 2.41. The third-order valence-electron chi connectivity index (χ3n) is 5.14. The summed E-state index contributed by atoms with van der Waals surface area (Å²) in [5, 5.41) is 8.14. The number of carbonyl (C=O) groups is 1. The molecule has 4 aromatic heterocycles. The number of nitrogens with zero attached hydrogens (tertiary/aromatic N) is 7. The van der Waals surface area contributed by atoms with Crippen LogP contribution >= 0.6 is 0 Å². The molecule has 31 heavy (non-hydrogen) atoms. The van der Waals surface area contributed by atoms with Gasteiger partial charge in [0, 0.05) is 18.0 Å². The first-order chi connectivity index (χ1) is 15.2. The molecule has 0 bridgehead atoms. The molecule has 5 heterocycles. The molecule has 1 fully saturated rings. The number of ether oxygens (including phenoxy) is 1. The van der Waals surface area contributed by atoms with E-state index in [0.717, 1.165) is 11.4 Å². The maximum Gasteiger partial charge on any atom is 0.276 e. The molecule has 0 saturated carbocycles. The van der Waals surface area contributed by atoms with E-state index in [0.29, 0.717) is 24.7 Å². The molecule has 5 rings (SSSR count). The van der Waals surface area contributed by atoms with E-state index in [1.165, 1.54) is 11.1 Å². The van der Waals surface area contributed by atoms with Gasteiger partial charge >= 0.3 is 0 Å². The van der Waals surface area contributed by atoms with E-state index in [1.807, 2.05) is 31.2 Å². The first kappa shape index (κ1) is 18.9. The van der Waals surface area contributed by atoms with Crippen molar-refractivity contribution < 1.29 is 13.9 Å². The average molecular weight is 417 g/mol. The Morgan fingerprint density at radius 2 is 2.03 bits per heavy atom. The Labute approximate surface area is 177 Å². The van der Waals surface area contributed by atoms with Crippen molar-refractivity contribution in [3.8, 4) is 11.6 Å². The molecule has 0 spiro atoms. The molecule has 1 amide bonds. The predicted octanol–water partition coefficient (Wildman–Crippen LogP) is 1.93. The zero-order chi connectivity index (χ0) is 21.2. The predicted molar refractivity (Wildman–Crippen MR) is 108 cm³/mol. The van der Waals surface area contributed by atoms with Gasteiger partial charge in [-0.3, -0.25) is 9.78 Å². The lowest BCUT2D eigenvalue weighted by atomic mass is 10.0. The Balaban J connectivity index is 1.19. The van der Waals surface area contributed by atoms with E-state index in [4.69, 9.17) is 9.15 Å². The lowest BCUT2D eigenvalue weighted by Gasteiger charge is -2.45. The molecule has 156 valence electrons. The summed E-state index contributed by atoms with van der Waals surface area (Å²) >= 11 is 0. The highest BCUT2D eigenvalue weighted by Crippen LogP contribution is 2.25. The van der Waals surface area contributed by atoms with Crippen LogP contribution in [0.5, 0.6) is 5.88 Å². The molecule has 4 aromatic rings. The van der Waals surface area contributed by atoms with E-state index in [2.05, 4.69) is 25.1 Å². The molecule has 0 unspecified atom stereocenters. The largest absolute Gasteiger partial charge is 0.470 e. The lowest BCUT2D eigenvalue weighted by molar-refractivity contribution is -0.0241. The molecule has 0 N–H and O–H groups in total. The number of amides is 1. The van der Waals surface area contributed by atoms with Crippen LogP contribution in [0.25, 0.3) is 5.69 Å². The number of aromatic nitrogens is 6. The topological polar surface area (TPSA) is 112 Å². The van der Waals surface area contributed by atoms with Crippen LogP contribution in [-0.2, 0) is 6.42 Å². The molecular formula is C21H19N7O3. The summed E-state index contributed by atoms with van der Waals surface area (Å²) < 4.78 is 11.3. The van der Waals surface area contributed by atoms with Crippen LogP contribution in [0.15, 0.2) is 65.8 Å². The third-order valence-corrected chi connectivity index (χ3v) is 5.14. The summed E-state index contributed by atoms with van der Waals surface area (Å²) in [6.45, 7) is 2.42. The van der Waals surface area contributed by atoms with Crippen LogP contribution in [0.3, 0.4) is 0 Å². The molecular weight excluding hydrogens is 398 g/mol. The fraction of sp³-hybridized carbons (Fsp3) is 0.238. The Hall–Kier alpha value is -4.08. The Bertz CT molecular complexity index is 1160. The summed E-state index contributed by atoms with van der Waals surface area (Å²) in [4.78, 5) is 28.9. The minimum atomic E-state index is -0.184. The van der Waals surface area contributed by atoms with Crippen molar-refractivity contribution in [1.82, 2.24) is 34.8 Å². The third kappa shape index (κ3) is 3.87. The van der Waals surface area contributed by atoms with Gasteiger partial charge in [0.15, 0.2) is 5.69 Å². The summed E-state index contributed by atoms with van der Waals surface area (Å²) in [6.07, 6.45) is 8.22. The smallest absolute Gasteiger partial charge is 0.276 e. The number of oxazole rings is 1. The molecule has 10 nitrogen and oxygen atoms in total. The molecule has 1 aliphatic heterocycles. The molecule has 0 radical (unpaired) electrons. The van der Waals surface area contributed by atoms with Gasteiger partial charge in [0.2, 0.25) is 11.8 Å². The number of hydrogen-bond acceptors (Lipinski definition) is 8. The maximum atomic E-state index is 12.8. The number of rotatable bonds is 6. The van der Waals surface area contributed by atoms with Crippen LogP contribution in [-0.4, -0.2) is 59.4 Å². The SMILES string of the molecule is C[C@H]1[C@H](Oc2ccccn2)CN1C(=O)c1coc(Cc2ccc(-n3nccn3)cn2)n1. The first-order valence-electron chi connectivity index (χ1n) is 9.82. The van der Waals surface area contributed by atoms with Crippen molar-refractivity contribution in [2.24, 2.45) is 0 Å². The quantitative estimate of drug-likeness (QED) is 0.468. The van der Waals surface area contributed by atoms with Crippen LogP contribution in [0.1, 0.15) is 29.0 Å². The number of hydrogen-bond donors (Lipinski definition) is 0. The van der Waals surface area contributed by atoms with Crippen molar-refractivity contribution in [2.75, 3.05) is 6.54 Å². The average Bonchev–Trinajstić information content (AvgIpc) is 3.50. The van der Waals surface area contributed by atoms with Gasteiger partial charge in [-0.25, -0.2) is 9.97 Å². The summed E-state index contributed by atoms with van der Waals surface area (Å²) in [6, 6.07) is 9.12. The lowest BCUT2D eigenvalue weighted by Crippen LogP contribution is -2.63. The molecule has 10 heteroatoms. The number of carbonyl (C=O) groups excluding carboxylic acids is 1. The fourth-order valence-electron chi connectivity index (χ4n) is 3.33. The molecule has 2 atom stereocenters. The van der Waals surface area contributed by atoms with E-state index >= 15 is 0 Å². The highest BCUT2D eigenvalue weighted by molar-refractivity contribution is 5.93. The summed E-state index contributed by atoms with van der Waals surface area (Å²) in [7, 11) is 0. The van der Waals surface area contributed by atoms with Crippen LogP contribution in [0.2, 0.25) is 0 Å². The molecule has 0 aromatic carbocycles. The van der Waals surface area contributed by atoms with Gasteiger partial charge in [-0.2, -0.15) is 15.0 Å². The zero-order valence-corrected chi connectivity index (χ0v) is 16.7. The maximum absolute atomic E-state index is 12.8. The van der Waals surface area contributed by atoms with Crippen LogP contribution in [0.4, 0.5) is 0 Å². The zero-order valence-electron chi connectivity index (χ0n) is 16.7. The number of pyridine rings is 2. The normalized spacial score (nSPS) is 17.9. The van der Waals surface area contributed by atoms with Crippen molar-refractivity contribution in [3.05, 3.63) is 78.7 Å². The second-order valence-electron chi connectivity index (χ2n) is 7.15. The van der Waals surface area contributed by atoms with Crippen LogP contribution in [0, 0.1) is 0 Å². The standard InChI is InChI=1S/C21H19N7O3/c1-14-18(31-19-4-2-3-7-22-19)12-27(14)21(29)17-13-30-20(26-17)10-15-5-6-16(11-23-15)28-24-8-9-25-28/h2-9,11,13-14,18H,10,12H2,1H3/t14-,18+/m0/s1. The second-order valence-corrected chi connectivity index (χ2v) is 7.15. The monoisotopic (exact) mass is 417 g/mol. The van der Waals surface area contributed by atoms with Gasteiger partial charge in [-0.05, 0) is 25.1 Å². The van der Waals surface area contributed by atoms with Crippen molar-refractivity contribution in [2.45, 2.75) is 25.5 Å². The minimum absolute atomic E-state index is 0.0835. The Kier molecular flexibility index (Phi) is 4.87. The van der Waals surface area contributed by atoms with Gasteiger partial charge < -0.3 is 14.1 Å². The van der Waals surface area contributed by atoms with E-state index in [1.54, 1.807) is 35.8 Å². The minimum Gasteiger partial charge on any atom is -0.470 e. The highest BCUT2D eigenvalue weighted by atomic mass is 16.5. The van der Waals surface area contributed by atoms with Gasteiger partial charge in [-0.1, -0.05) is 6.07 Å². The van der Waals surface area contributed by atoms with Gasteiger partial charge in [0.25, 0.3) is 5.91 Å². The number of likely N-dealkylation sites (tertiary alicyclic amines) is 1. The van der Waals surface area contributed by atoms with E-state index in [9.17, 15) is 4.79 Å². The summed E-state index contributed by atoms with van der Waals surface area (Å²) in [5.41, 5.74) is 1.79. The fourth-order valence-corrected chi connectivity index (χ4v) is 3.33. The van der Waals surface area contributed by atoms with Gasteiger partial charge in [0.1, 0.15) is 18.1 Å². The molecule has 1 aliphatic rings. The van der Waals surface area contributed by atoms with Crippen LogP contribution < -0.4 is 4.74 Å². The van der Waals surface area contributed by atoms with Gasteiger partial charge in [-0.15, -0.1) is 0 Å². The van der Waals surface area contributed by atoms with E-state index < -0.39 is 0 Å². The molecule has 0 aliphatic carbocycles. The molecule has 1 saturated heterocycles.